The highest BCUT2D eigenvalue weighted by atomic mass is 16.5. The summed E-state index contributed by atoms with van der Waals surface area (Å²) >= 11 is 0. The number of nitrogens with zero attached hydrogens (tertiary/aromatic N) is 4. The highest BCUT2D eigenvalue weighted by Gasteiger charge is 2.46. The maximum Gasteiger partial charge on any atom is 0.251 e. The van der Waals surface area contributed by atoms with Crippen LogP contribution in [-0.2, 0) is 19.2 Å². The summed E-state index contributed by atoms with van der Waals surface area (Å²) in [5, 5.41) is 0. The number of anilines is 2. The van der Waals surface area contributed by atoms with Crippen molar-refractivity contribution in [1.29, 1.82) is 0 Å². The van der Waals surface area contributed by atoms with Crippen LogP contribution in [0, 0.1) is 0 Å². The van der Waals surface area contributed by atoms with Gasteiger partial charge in [-0.15, -0.1) is 0 Å². The lowest BCUT2D eigenvalue weighted by Crippen LogP contribution is -2.56. The van der Waals surface area contributed by atoms with Gasteiger partial charge in [0.15, 0.2) is 0 Å². The molecule has 10 nitrogen and oxygen atoms in total. The molecular formula is C30H36N4O6. The van der Waals surface area contributed by atoms with E-state index in [1.54, 1.807) is 48.5 Å². The van der Waals surface area contributed by atoms with E-state index in [-0.39, 0.29) is 36.5 Å². The summed E-state index contributed by atoms with van der Waals surface area (Å²) in [5.41, 5.74) is 1.08. The molecule has 3 aliphatic rings. The molecule has 3 aliphatic heterocycles. The monoisotopic (exact) mass is 548 g/mol. The van der Waals surface area contributed by atoms with Gasteiger partial charge in [0.05, 0.1) is 49.5 Å². The molecule has 0 saturated carbocycles. The number of piperazine rings is 1. The molecule has 4 amide bonds. The van der Waals surface area contributed by atoms with Crippen molar-refractivity contribution in [3.63, 3.8) is 0 Å². The minimum absolute atomic E-state index is 0.125. The van der Waals surface area contributed by atoms with Gasteiger partial charge in [0.1, 0.15) is 11.5 Å². The minimum atomic E-state index is -0.531. The van der Waals surface area contributed by atoms with Gasteiger partial charge in [0.2, 0.25) is 11.8 Å². The molecular weight excluding hydrogens is 512 g/mol. The molecule has 3 heterocycles. The Kier molecular flexibility index (Phi) is 8.46. The van der Waals surface area contributed by atoms with Gasteiger partial charge in [-0.2, -0.15) is 0 Å². The Morgan fingerprint density at radius 2 is 0.950 bits per heavy atom. The van der Waals surface area contributed by atoms with Crippen molar-refractivity contribution >= 4 is 35.0 Å². The van der Waals surface area contributed by atoms with Crippen molar-refractivity contribution in [3.8, 4) is 11.5 Å². The van der Waals surface area contributed by atoms with E-state index < -0.39 is 12.1 Å². The van der Waals surface area contributed by atoms with Crippen LogP contribution in [0.2, 0.25) is 0 Å². The van der Waals surface area contributed by atoms with Crippen molar-refractivity contribution in [2.75, 3.05) is 49.2 Å². The lowest BCUT2D eigenvalue weighted by atomic mass is 10.1. The summed E-state index contributed by atoms with van der Waals surface area (Å²) in [5.74, 6) is 0.495. The standard InChI is InChI=1S/C30H36N4O6/c1-3-17-39-23-9-5-21(6-10-23)33-27(35)19-25(29(33)37)31-13-15-32(16-14-31)26-20-28(36)34(30(26)38)22-7-11-24(12-8-22)40-18-4-2/h5-12,25-26H,3-4,13-20H2,1-2H3. The van der Waals surface area contributed by atoms with Crippen LogP contribution in [-0.4, -0.2) is 84.9 Å². The van der Waals surface area contributed by atoms with E-state index in [0.717, 1.165) is 12.8 Å². The van der Waals surface area contributed by atoms with Gasteiger partial charge in [0.25, 0.3) is 11.8 Å². The number of hydrogen-bond acceptors (Lipinski definition) is 8. The van der Waals surface area contributed by atoms with E-state index in [0.29, 0.717) is 62.3 Å². The average molecular weight is 549 g/mol. The fourth-order valence-electron chi connectivity index (χ4n) is 5.53. The molecule has 0 aliphatic carbocycles. The largest absolute Gasteiger partial charge is 0.494 e. The van der Waals surface area contributed by atoms with Gasteiger partial charge < -0.3 is 9.47 Å². The Labute approximate surface area is 234 Å². The summed E-state index contributed by atoms with van der Waals surface area (Å²) in [6.07, 6.45) is 2.04. The molecule has 2 aromatic rings. The first-order valence-corrected chi connectivity index (χ1v) is 14.1. The van der Waals surface area contributed by atoms with Crippen LogP contribution in [0.5, 0.6) is 11.5 Å². The first-order valence-electron chi connectivity index (χ1n) is 14.1. The molecule has 2 atom stereocenters. The Morgan fingerprint density at radius 1 is 0.600 bits per heavy atom. The van der Waals surface area contributed by atoms with E-state index in [1.807, 2.05) is 23.6 Å². The molecule has 212 valence electrons. The highest BCUT2D eigenvalue weighted by Crippen LogP contribution is 2.30. The first-order chi connectivity index (χ1) is 19.4. The van der Waals surface area contributed by atoms with Gasteiger partial charge in [-0.1, -0.05) is 13.8 Å². The lowest BCUT2D eigenvalue weighted by molar-refractivity contribution is -0.126. The number of rotatable bonds is 10. The highest BCUT2D eigenvalue weighted by molar-refractivity contribution is 6.23. The van der Waals surface area contributed by atoms with E-state index in [9.17, 15) is 19.2 Å². The number of imide groups is 2. The number of carbonyl (C=O) groups is 4. The van der Waals surface area contributed by atoms with E-state index in [1.165, 1.54) is 9.80 Å². The van der Waals surface area contributed by atoms with Crippen LogP contribution < -0.4 is 19.3 Å². The molecule has 0 radical (unpaired) electrons. The number of amides is 4. The van der Waals surface area contributed by atoms with Gasteiger partial charge in [-0.05, 0) is 61.4 Å². The lowest BCUT2D eigenvalue weighted by Gasteiger charge is -2.38. The second kappa shape index (κ2) is 12.2. The van der Waals surface area contributed by atoms with Gasteiger partial charge in [-0.3, -0.25) is 29.0 Å². The normalized spacial score (nSPS) is 22.4. The third-order valence-electron chi connectivity index (χ3n) is 7.61. The van der Waals surface area contributed by atoms with Crippen molar-refractivity contribution in [2.45, 2.75) is 51.6 Å². The van der Waals surface area contributed by atoms with Crippen LogP contribution in [0.15, 0.2) is 48.5 Å². The number of hydrogen-bond donors (Lipinski definition) is 0. The van der Waals surface area contributed by atoms with E-state index in [4.69, 9.17) is 9.47 Å². The SMILES string of the molecule is CCCOc1ccc(N2C(=O)CC(N3CCN(C4CC(=O)N(c5ccc(OCCC)cc5)C4=O)CC3)C2=O)cc1. The maximum absolute atomic E-state index is 13.3. The summed E-state index contributed by atoms with van der Waals surface area (Å²) in [7, 11) is 0. The molecule has 0 spiro atoms. The maximum atomic E-state index is 13.3. The third-order valence-corrected chi connectivity index (χ3v) is 7.61. The van der Waals surface area contributed by atoms with Crippen molar-refractivity contribution in [1.82, 2.24) is 9.80 Å². The van der Waals surface area contributed by atoms with Crippen LogP contribution in [0.3, 0.4) is 0 Å². The van der Waals surface area contributed by atoms with E-state index >= 15 is 0 Å². The molecule has 3 fully saturated rings. The number of ether oxygens (including phenoxy) is 2. The zero-order valence-corrected chi connectivity index (χ0v) is 23.1. The van der Waals surface area contributed by atoms with Gasteiger partial charge in [-0.25, -0.2) is 9.80 Å². The first kappa shape index (κ1) is 27.8. The summed E-state index contributed by atoms with van der Waals surface area (Å²) in [4.78, 5) is 58.8. The third kappa shape index (κ3) is 5.59. The number of carbonyl (C=O) groups excluding carboxylic acids is 4. The second-order valence-corrected chi connectivity index (χ2v) is 10.3. The van der Waals surface area contributed by atoms with Crippen molar-refractivity contribution < 1.29 is 28.7 Å². The topological polar surface area (TPSA) is 99.7 Å². The predicted octanol–water partition coefficient (Wildman–Crippen LogP) is 2.85. The molecule has 0 N–H and O–H groups in total. The van der Waals surface area contributed by atoms with Crippen LogP contribution >= 0.6 is 0 Å². The fourth-order valence-corrected chi connectivity index (χ4v) is 5.53. The molecule has 40 heavy (non-hydrogen) atoms. The summed E-state index contributed by atoms with van der Waals surface area (Å²) in [6, 6.07) is 13.0. The Hall–Kier alpha value is -3.76. The molecule has 0 bridgehead atoms. The van der Waals surface area contributed by atoms with Crippen LogP contribution in [0.1, 0.15) is 39.5 Å². The fraction of sp³-hybridized carbons (Fsp3) is 0.467. The van der Waals surface area contributed by atoms with Crippen molar-refractivity contribution in [3.05, 3.63) is 48.5 Å². The Balaban J connectivity index is 1.18. The quantitative estimate of drug-likeness (QED) is 0.418. The molecule has 10 heteroatoms. The molecule has 2 unspecified atom stereocenters. The number of benzene rings is 2. The van der Waals surface area contributed by atoms with Gasteiger partial charge in [0, 0.05) is 26.2 Å². The Bertz CT molecular complexity index is 1140. The summed E-state index contributed by atoms with van der Waals surface area (Å²) < 4.78 is 11.2. The average Bonchev–Trinajstić information content (AvgIpc) is 3.44. The summed E-state index contributed by atoms with van der Waals surface area (Å²) in [6.45, 7) is 7.39. The van der Waals surface area contributed by atoms with Crippen LogP contribution in [0.25, 0.3) is 0 Å². The minimum Gasteiger partial charge on any atom is -0.494 e. The van der Waals surface area contributed by atoms with Crippen molar-refractivity contribution in [2.24, 2.45) is 0 Å². The Morgan fingerprint density at radius 3 is 1.27 bits per heavy atom. The second-order valence-electron chi connectivity index (χ2n) is 10.3. The van der Waals surface area contributed by atoms with Crippen LogP contribution in [0.4, 0.5) is 11.4 Å². The smallest absolute Gasteiger partial charge is 0.251 e. The molecule has 2 aromatic carbocycles. The predicted molar refractivity (Wildman–Crippen MR) is 149 cm³/mol. The zero-order chi connectivity index (χ0) is 28.2. The molecule has 5 rings (SSSR count). The molecule has 3 saturated heterocycles. The van der Waals surface area contributed by atoms with Gasteiger partial charge >= 0.3 is 0 Å². The van der Waals surface area contributed by atoms with E-state index in [2.05, 4.69) is 0 Å². The molecule has 0 aromatic heterocycles. The zero-order valence-electron chi connectivity index (χ0n) is 23.1.